The van der Waals surface area contributed by atoms with Gasteiger partial charge in [0.05, 0.1) is 47.4 Å². The molecule has 2 unspecified atom stereocenters. The van der Waals surface area contributed by atoms with Crippen LogP contribution in [-0.4, -0.2) is 78.9 Å². The molecule has 0 fully saturated rings. The third-order valence-electron chi connectivity index (χ3n) is 4.40. The number of phosphoric ester groups is 1. The number of hydrogen-bond acceptors (Lipinski definition) is 7. The number of carboxylic acids is 1. The number of aliphatic carboxylic acids is 1. The highest BCUT2D eigenvalue weighted by Crippen LogP contribution is 2.46. The molecule has 11 heteroatoms. The van der Waals surface area contributed by atoms with Crippen LogP contribution in [0.3, 0.4) is 0 Å². The molecule has 0 aliphatic heterocycles. The number of carbonyl (C=O) groups is 1. The van der Waals surface area contributed by atoms with Crippen LogP contribution >= 0.6 is 7.82 Å². The highest BCUT2D eigenvalue weighted by Gasteiger charge is 2.39. The second-order valence-corrected chi connectivity index (χ2v) is 9.71. The molecule has 0 bridgehead atoms. The van der Waals surface area contributed by atoms with E-state index in [2.05, 4.69) is 6.92 Å². The van der Waals surface area contributed by atoms with Gasteiger partial charge in [0.1, 0.15) is 11.5 Å². The average Bonchev–Trinajstić information content (AvgIpc) is 2.69. The van der Waals surface area contributed by atoms with Crippen LogP contribution in [0, 0.1) is 0 Å². The van der Waals surface area contributed by atoms with Gasteiger partial charge in [-0.3, -0.25) is 13.8 Å². The minimum atomic E-state index is -4.55. The molecule has 1 rings (SSSR count). The Morgan fingerprint density at radius 3 is 2.16 bits per heavy atom. The minimum Gasteiger partial charge on any atom is -0.493 e. The lowest BCUT2D eigenvalue weighted by Crippen LogP contribution is -2.52. The normalized spacial score (nSPS) is 15.6. The molecule has 10 nitrogen and oxygen atoms in total. The van der Waals surface area contributed by atoms with Gasteiger partial charge in [-0.15, -0.1) is 0 Å². The summed E-state index contributed by atoms with van der Waals surface area (Å²) in [6.07, 6.45) is -0.359. The minimum absolute atomic E-state index is 0.0693. The molecule has 3 N–H and O–H groups in total. The number of aliphatic hydroxyl groups is 1. The van der Waals surface area contributed by atoms with E-state index in [0.717, 1.165) is 18.6 Å². The third-order valence-corrected chi connectivity index (χ3v) is 5.45. The Labute approximate surface area is 189 Å². The van der Waals surface area contributed by atoms with Crippen LogP contribution in [0.25, 0.3) is 0 Å². The topological polar surface area (TPSA) is 132 Å². The van der Waals surface area contributed by atoms with E-state index in [1.807, 2.05) is 24.3 Å². The Kier molecular flexibility index (Phi) is 12.2. The molecule has 0 spiro atoms. The number of unbranched alkanes of at least 4 members (excludes halogenated alkanes) is 2. The molecule has 3 atom stereocenters. The number of benzene rings is 1. The van der Waals surface area contributed by atoms with E-state index in [1.54, 1.807) is 21.1 Å². The molecule has 0 radical (unpaired) electrons. The molecule has 0 aromatic heterocycles. The summed E-state index contributed by atoms with van der Waals surface area (Å²) < 4.78 is 33.3. The van der Waals surface area contributed by atoms with Gasteiger partial charge in [-0.25, -0.2) is 4.57 Å². The molecule has 0 saturated heterocycles. The number of carboxylic acid groups (broad SMARTS) is 1. The van der Waals surface area contributed by atoms with Crippen LogP contribution in [0.5, 0.6) is 11.5 Å². The fourth-order valence-electron chi connectivity index (χ4n) is 2.63. The van der Waals surface area contributed by atoms with Crippen molar-refractivity contribution in [2.24, 2.45) is 0 Å². The summed E-state index contributed by atoms with van der Waals surface area (Å²) in [6.45, 7) is 3.04. The zero-order valence-corrected chi connectivity index (χ0v) is 20.2. The number of rotatable bonds is 17. The Hall–Kier alpha value is -1.68. The SMILES string of the molecule is CCCCOc1cccc(OCCCCOP(=O)(O)O[C@H](CC(=O)O)C(O)[N+](C)(C)C)c1. The monoisotopic (exact) mass is 478 g/mol. The van der Waals surface area contributed by atoms with Gasteiger partial charge in [-0.05, 0) is 31.4 Å². The zero-order valence-electron chi connectivity index (χ0n) is 19.3. The van der Waals surface area contributed by atoms with Gasteiger partial charge in [0.2, 0.25) is 6.23 Å². The maximum atomic E-state index is 12.2. The molecular weight excluding hydrogens is 441 g/mol. The molecule has 0 aliphatic rings. The van der Waals surface area contributed by atoms with Crippen LogP contribution in [-0.2, 0) is 18.4 Å². The van der Waals surface area contributed by atoms with Crippen molar-refractivity contribution < 1.29 is 47.5 Å². The van der Waals surface area contributed by atoms with Crippen molar-refractivity contribution in [2.45, 2.75) is 51.4 Å². The van der Waals surface area contributed by atoms with Crippen LogP contribution in [0.2, 0.25) is 0 Å². The van der Waals surface area contributed by atoms with Crippen molar-refractivity contribution in [1.29, 1.82) is 0 Å². The van der Waals surface area contributed by atoms with Crippen molar-refractivity contribution in [3.63, 3.8) is 0 Å². The molecule has 1 aromatic carbocycles. The summed E-state index contributed by atoms with van der Waals surface area (Å²) in [6, 6.07) is 7.34. The van der Waals surface area contributed by atoms with Gasteiger partial charge in [0.15, 0.2) is 6.10 Å². The summed E-state index contributed by atoms with van der Waals surface area (Å²) >= 11 is 0. The maximum absolute atomic E-state index is 12.2. The van der Waals surface area contributed by atoms with E-state index < -0.39 is 32.5 Å². The second-order valence-electron chi connectivity index (χ2n) is 8.31. The smallest absolute Gasteiger partial charge is 0.472 e. The maximum Gasteiger partial charge on any atom is 0.472 e. The van der Waals surface area contributed by atoms with Crippen molar-refractivity contribution in [1.82, 2.24) is 0 Å². The first-order valence-electron chi connectivity index (χ1n) is 10.7. The van der Waals surface area contributed by atoms with Gasteiger partial charge >= 0.3 is 13.8 Å². The molecule has 0 saturated carbocycles. The fourth-order valence-corrected chi connectivity index (χ4v) is 3.58. The Morgan fingerprint density at radius 2 is 1.62 bits per heavy atom. The van der Waals surface area contributed by atoms with Crippen molar-refractivity contribution >= 4 is 13.8 Å². The molecule has 0 heterocycles. The molecule has 0 amide bonds. The van der Waals surface area contributed by atoms with Crippen molar-refractivity contribution in [2.75, 3.05) is 41.0 Å². The number of hydrogen-bond donors (Lipinski definition) is 3. The van der Waals surface area contributed by atoms with Crippen molar-refractivity contribution in [3.8, 4) is 11.5 Å². The van der Waals surface area contributed by atoms with Crippen LogP contribution < -0.4 is 9.47 Å². The highest BCUT2D eigenvalue weighted by atomic mass is 31.2. The van der Waals surface area contributed by atoms with E-state index in [9.17, 15) is 19.4 Å². The summed E-state index contributed by atoms with van der Waals surface area (Å²) in [5.74, 6) is 0.144. The molecule has 0 aliphatic carbocycles. The zero-order chi connectivity index (χ0) is 24.2. The predicted octanol–water partition coefficient (Wildman–Crippen LogP) is 3.03. The number of nitrogens with zero attached hydrogens (tertiary/aromatic N) is 1. The Bertz CT molecular complexity index is 738. The standard InChI is InChI=1S/C21H36NO9P/c1-5-6-12-28-17-10-9-11-18(15-17)29-13-7-8-14-30-32(26,27)31-19(16-20(23)24)21(25)22(2,3)4/h9-11,15,19,21,25H,5-8,12-14,16H2,1-4H3,(H-,23,24,26,27)/p+1/t19-,21?/m1/s1. The summed E-state index contributed by atoms with van der Waals surface area (Å²) in [5.41, 5.74) is 0. The molecule has 1 aromatic rings. The van der Waals surface area contributed by atoms with Gasteiger partial charge in [-0.1, -0.05) is 19.4 Å². The van der Waals surface area contributed by atoms with E-state index in [0.29, 0.717) is 31.8 Å². The molecule has 32 heavy (non-hydrogen) atoms. The summed E-state index contributed by atoms with van der Waals surface area (Å²) in [5, 5.41) is 19.3. The van der Waals surface area contributed by atoms with Crippen LogP contribution in [0.1, 0.15) is 39.0 Å². The number of ether oxygens (including phenoxy) is 2. The number of aliphatic hydroxyl groups excluding tert-OH is 1. The first kappa shape index (κ1) is 28.4. The van der Waals surface area contributed by atoms with E-state index in [-0.39, 0.29) is 11.1 Å². The quantitative estimate of drug-likeness (QED) is 0.134. The first-order valence-corrected chi connectivity index (χ1v) is 12.2. The van der Waals surface area contributed by atoms with E-state index in [4.69, 9.17) is 23.6 Å². The van der Waals surface area contributed by atoms with E-state index in [1.165, 1.54) is 0 Å². The molecule has 184 valence electrons. The highest BCUT2D eigenvalue weighted by molar-refractivity contribution is 7.47. The average molecular weight is 478 g/mol. The van der Waals surface area contributed by atoms with Gasteiger partial charge in [-0.2, -0.15) is 0 Å². The third kappa shape index (κ3) is 11.8. The van der Waals surface area contributed by atoms with Crippen LogP contribution in [0.15, 0.2) is 24.3 Å². The Morgan fingerprint density at radius 1 is 1.06 bits per heavy atom. The van der Waals surface area contributed by atoms with Gasteiger partial charge in [0.25, 0.3) is 0 Å². The van der Waals surface area contributed by atoms with Crippen LogP contribution in [0.4, 0.5) is 0 Å². The number of quaternary nitrogens is 1. The molecular formula is C21H37NO9P+. The van der Waals surface area contributed by atoms with Gasteiger partial charge < -0.3 is 29.1 Å². The summed E-state index contributed by atoms with van der Waals surface area (Å²) in [7, 11) is 0.285. The van der Waals surface area contributed by atoms with E-state index >= 15 is 0 Å². The summed E-state index contributed by atoms with van der Waals surface area (Å²) in [4.78, 5) is 21.0. The lowest BCUT2D eigenvalue weighted by atomic mass is 10.2. The lowest BCUT2D eigenvalue weighted by molar-refractivity contribution is -0.922. The first-order chi connectivity index (χ1) is 14.9. The fraction of sp³-hybridized carbons (Fsp3) is 0.667. The lowest BCUT2D eigenvalue weighted by Gasteiger charge is -2.34. The second kappa shape index (κ2) is 13.8. The van der Waals surface area contributed by atoms with Gasteiger partial charge in [0, 0.05) is 6.07 Å². The number of likely N-dealkylation sites (N-methyl/N-ethyl adjacent to an activating group) is 1. The predicted molar refractivity (Wildman–Crippen MR) is 119 cm³/mol. The Balaban J connectivity index is 2.40. The number of phosphoric acid groups is 1. The largest absolute Gasteiger partial charge is 0.493 e. The van der Waals surface area contributed by atoms with Crippen molar-refractivity contribution in [3.05, 3.63) is 24.3 Å².